The quantitative estimate of drug-likeness (QED) is 0.247. The molecule has 4 aromatic rings. The number of thioether (sulfide) groups is 1. The van der Waals surface area contributed by atoms with E-state index in [0.717, 1.165) is 17.3 Å². The number of sulfonamides is 1. The van der Waals surface area contributed by atoms with Crippen molar-refractivity contribution in [3.63, 3.8) is 0 Å². The Morgan fingerprint density at radius 3 is 2.65 bits per heavy atom. The van der Waals surface area contributed by atoms with Gasteiger partial charge in [-0.05, 0) is 48.0 Å². The largest absolute Gasteiger partial charge is 0.497 e. The number of anilines is 2. The minimum atomic E-state index is -3.94. The van der Waals surface area contributed by atoms with E-state index in [-0.39, 0.29) is 23.1 Å². The first-order valence-electron chi connectivity index (χ1n) is 11.2. The zero-order chi connectivity index (χ0) is 26.0. The van der Waals surface area contributed by atoms with E-state index in [1.165, 1.54) is 10.5 Å². The van der Waals surface area contributed by atoms with Crippen LogP contribution >= 0.6 is 23.4 Å². The van der Waals surface area contributed by atoms with Gasteiger partial charge in [0.05, 0.1) is 37.0 Å². The summed E-state index contributed by atoms with van der Waals surface area (Å²) >= 11 is 7.00. The van der Waals surface area contributed by atoms with E-state index in [2.05, 4.69) is 15.3 Å². The van der Waals surface area contributed by atoms with Crippen LogP contribution in [0.5, 0.6) is 5.75 Å². The number of hydrogen-bond donors (Lipinski definition) is 1. The van der Waals surface area contributed by atoms with Crippen LogP contribution in [0.4, 0.5) is 11.4 Å². The second-order valence-corrected chi connectivity index (χ2v) is 11.3. The van der Waals surface area contributed by atoms with Crippen LogP contribution in [0.25, 0.3) is 11.3 Å². The molecule has 1 aromatic heterocycles. The first-order chi connectivity index (χ1) is 17.8. The maximum atomic E-state index is 13.7. The van der Waals surface area contributed by atoms with Crippen molar-refractivity contribution >= 4 is 50.7 Å². The molecular weight excluding hydrogens is 532 g/mol. The maximum absolute atomic E-state index is 13.7. The first-order valence-corrected chi connectivity index (χ1v) is 14.0. The van der Waals surface area contributed by atoms with Crippen molar-refractivity contribution in [3.8, 4) is 17.0 Å². The molecule has 1 aliphatic rings. The summed E-state index contributed by atoms with van der Waals surface area (Å²) in [5.41, 5.74) is 2.91. The Kier molecular flexibility index (Phi) is 7.05. The average Bonchev–Trinajstić information content (AvgIpc) is 2.91. The molecule has 3 aromatic carbocycles. The van der Waals surface area contributed by atoms with Gasteiger partial charge in [0.2, 0.25) is 5.91 Å². The molecule has 0 unspecified atom stereocenters. The molecule has 0 aliphatic carbocycles. The van der Waals surface area contributed by atoms with E-state index in [1.807, 2.05) is 24.3 Å². The van der Waals surface area contributed by atoms with Gasteiger partial charge < -0.3 is 10.1 Å². The van der Waals surface area contributed by atoms with Gasteiger partial charge in [0.15, 0.2) is 5.16 Å². The number of methoxy groups -OCH3 is 1. The Labute approximate surface area is 223 Å². The predicted octanol–water partition coefficient (Wildman–Crippen LogP) is 5.25. The molecule has 1 N–H and O–H groups in total. The molecule has 37 heavy (non-hydrogen) atoms. The van der Waals surface area contributed by atoms with Crippen LogP contribution < -0.4 is 14.4 Å². The maximum Gasteiger partial charge on any atom is 0.268 e. The fourth-order valence-corrected chi connectivity index (χ4v) is 6.21. The number of halogens is 1. The van der Waals surface area contributed by atoms with Crippen molar-refractivity contribution < 1.29 is 17.9 Å². The molecule has 2 heterocycles. The van der Waals surface area contributed by atoms with Crippen LogP contribution in [0.1, 0.15) is 5.56 Å². The average molecular weight is 553 g/mol. The third-order valence-electron chi connectivity index (χ3n) is 5.65. The van der Waals surface area contributed by atoms with Crippen molar-refractivity contribution in [1.29, 1.82) is 0 Å². The minimum absolute atomic E-state index is 0.0176. The number of amides is 1. The summed E-state index contributed by atoms with van der Waals surface area (Å²) in [5.74, 6) is 0.453. The highest BCUT2D eigenvalue weighted by atomic mass is 35.5. The van der Waals surface area contributed by atoms with Gasteiger partial charge in [-0.1, -0.05) is 53.7 Å². The standard InChI is InChI=1S/C26H21ClN4O4S2/c1-35-20-6-4-5-17(13-20)15-31-22-8-3-2-7-21(22)25-23(37(31,33)34)14-28-26(30-25)36-16-24(32)29-19-11-9-18(27)10-12-19/h2-14H,15-16H2,1H3,(H,29,32). The fraction of sp³-hybridized carbons (Fsp3) is 0.115. The van der Waals surface area contributed by atoms with Crippen molar-refractivity contribution in [2.45, 2.75) is 16.6 Å². The van der Waals surface area contributed by atoms with Gasteiger partial charge in [-0.25, -0.2) is 18.4 Å². The van der Waals surface area contributed by atoms with Crippen molar-refractivity contribution in [1.82, 2.24) is 9.97 Å². The SMILES string of the molecule is COc1cccc(CN2c3ccccc3-c3nc(SCC(=O)Nc4ccc(Cl)cc4)ncc3S2(=O)=O)c1. The Morgan fingerprint density at radius 1 is 1.08 bits per heavy atom. The van der Waals surface area contributed by atoms with Gasteiger partial charge in [-0.2, -0.15) is 0 Å². The molecule has 0 bridgehead atoms. The van der Waals surface area contributed by atoms with E-state index in [1.54, 1.807) is 55.6 Å². The number of aromatic nitrogens is 2. The van der Waals surface area contributed by atoms with Crippen LogP contribution in [-0.2, 0) is 21.4 Å². The van der Waals surface area contributed by atoms with Gasteiger partial charge >= 0.3 is 0 Å². The molecule has 1 amide bonds. The summed E-state index contributed by atoms with van der Waals surface area (Å²) in [6.07, 6.45) is 1.31. The highest BCUT2D eigenvalue weighted by molar-refractivity contribution is 7.99. The Balaban J connectivity index is 1.41. The van der Waals surface area contributed by atoms with Crippen molar-refractivity contribution in [2.75, 3.05) is 22.5 Å². The predicted molar refractivity (Wildman–Crippen MR) is 145 cm³/mol. The summed E-state index contributed by atoms with van der Waals surface area (Å²) < 4.78 is 34.0. The number of nitrogens with zero attached hydrogens (tertiary/aromatic N) is 3. The van der Waals surface area contributed by atoms with E-state index >= 15 is 0 Å². The zero-order valence-electron chi connectivity index (χ0n) is 19.6. The van der Waals surface area contributed by atoms with E-state index in [4.69, 9.17) is 16.3 Å². The summed E-state index contributed by atoms with van der Waals surface area (Å²) in [6.45, 7) is 0.122. The summed E-state index contributed by atoms with van der Waals surface area (Å²) in [6, 6.07) is 21.3. The van der Waals surface area contributed by atoms with Crippen molar-refractivity contribution in [2.24, 2.45) is 0 Å². The Morgan fingerprint density at radius 2 is 1.86 bits per heavy atom. The van der Waals surface area contributed by atoms with Gasteiger partial charge in [0.25, 0.3) is 10.0 Å². The molecule has 0 spiro atoms. The lowest BCUT2D eigenvalue weighted by molar-refractivity contribution is -0.113. The molecule has 0 atom stereocenters. The second kappa shape index (κ2) is 10.4. The summed E-state index contributed by atoms with van der Waals surface area (Å²) in [7, 11) is -2.37. The summed E-state index contributed by atoms with van der Waals surface area (Å²) in [4.78, 5) is 21.2. The highest BCUT2D eigenvalue weighted by Gasteiger charge is 2.36. The number of nitrogens with one attached hydrogen (secondary N) is 1. The Bertz CT molecular complexity index is 1580. The lowest BCUT2D eigenvalue weighted by atomic mass is 10.1. The van der Waals surface area contributed by atoms with Gasteiger partial charge in [-0.3, -0.25) is 9.10 Å². The molecule has 0 saturated carbocycles. The monoisotopic (exact) mass is 552 g/mol. The van der Waals surface area contributed by atoms with Crippen LogP contribution in [0.3, 0.4) is 0 Å². The molecule has 1 aliphatic heterocycles. The number of para-hydroxylation sites is 1. The number of rotatable bonds is 7. The number of benzene rings is 3. The third kappa shape index (κ3) is 5.27. The molecule has 0 saturated heterocycles. The highest BCUT2D eigenvalue weighted by Crippen LogP contribution is 2.43. The lowest BCUT2D eigenvalue weighted by Crippen LogP contribution is -2.34. The number of fused-ring (bicyclic) bond motifs is 3. The summed E-state index contributed by atoms with van der Waals surface area (Å²) in [5, 5.41) is 3.66. The lowest BCUT2D eigenvalue weighted by Gasteiger charge is -2.31. The molecule has 8 nitrogen and oxygen atoms in total. The molecule has 5 rings (SSSR count). The smallest absolute Gasteiger partial charge is 0.268 e. The normalized spacial score (nSPS) is 13.4. The van der Waals surface area contributed by atoms with Crippen LogP contribution in [0.15, 0.2) is 89.0 Å². The van der Waals surface area contributed by atoms with Crippen LogP contribution in [0.2, 0.25) is 5.02 Å². The van der Waals surface area contributed by atoms with Crippen LogP contribution in [0, 0.1) is 0 Å². The number of carbonyl (C=O) groups excluding carboxylic acids is 1. The van der Waals surface area contributed by atoms with Gasteiger partial charge in [-0.15, -0.1) is 0 Å². The van der Waals surface area contributed by atoms with E-state index in [0.29, 0.717) is 38.6 Å². The fourth-order valence-electron chi connectivity index (χ4n) is 3.91. The molecular formula is C26H21ClN4O4S2. The topological polar surface area (TPSA) is 101 Å². The molecule has 0 radical (unpaired) electrons. The number of hydrogen-bond acceptors (Lipinski definition) is 7. The first kappa shape index (κ1) is 25.1. The second-order valence-electron chi connectivity index (χ2n) is 8.09. The molecule has 0 fully saturated rings. The Hall–Kier alpha value is -3.60. The van der Waals surface area contributed by atoms with E-state index in [9.17, 15) is 13.2 Å². The van der Waals surface area contributed by atoms with Crippen molar-refractivity contribution in [3.05, 3.63) is 89.6 Å². The molecule has 188 valence electrons. The van der Waals surface area contributed by atoms with Crippen LogP contribution in [-0.4, -0.2) is 37.2 Å². The number of carbonyl (C=O) groups is 1. The zero-order valence-corrected chi connectivity index (χ0v) is 22.0. The van der Waals surface area contributed by atoms with E-state index < -0.39 is 10.0 Å². The molecule has 11 heteroatoms. The number of ether oxygens (including phenoxy) is 1. The minimum Gasteiger partial charge on any atom is -0.497 e. The third-order valence-corrected chi connectivity index (χ3v) is 8.52. The van der Waals surface area contributed by atoms with Gasteiger partial charge in [0, 0.05) is 16.3 Å². The van der Waals surface area contributed by atoms with Gasteiger partial charge in [0.1, 0.15) is 10.6 Å².